The standard InChI is InChI=1S/C20H20N4/c1-3-15-8-10-16(11-9-15)18-12-19(17-7-5-4-6-14(17)2)24-20(23-18)21-13-22-24/h4-13,19H,3H2,1-2H3,(H,21,22,23). The van der Waals surface area contributed by atoms with E-state index in [2.05, 4.69) is 83.9 Å². The van der Waals surface area contributed by atoms with Gasteiger partial charge in [0.15, 0.2) is 0 Å². The van der Waals surface area contributed by atoms with E-state index >= 15 is 0 Å². The average Bonchev–Trinajstić information content (AvgIpc) is 3.10. The minimum atomic E-state index is 0.0470. The van der Waals surface area contributed by atoms with Gasteiger partial charge in [-0.1, -0.05) is 55.5 Å². The molecule has 4 heteroatoms. The number of benzene rings is 2. The zero-order valence-corrected chi connectivity index (χ0v) is 13.9. The van der Waals surface area contributed by atoms with E-state index in [4.69, 9.17) is 0 Å². The molecule has 2 aromatic carbocycles. The minimum absolute atomic E-state index is 0.0470. The van der Waals surface area contributed by atoms with Crippen molar-refractivity contribution in [3.05, 3.63) is 83.2 Å². The molecule has 1 aromatic heterocycles. The number of hydrogen-bond acceptors (Lipinski definition) is 3. The Labute approximate surface area is 141 Å². The lowest BCUT2D eigenvalue weighted by atomic mass is 9.97. The highest BCUT2D eigenvalue weighted by Crippen LogP contribution is 2.33. The summed E-state index contributed by atoms with van der Waals surface area (Å²) in [5.41, 5.74) is 6.08. The quantitative estimate of drug-likeness (QED) is 0.787. The van der Waals surface area contributed by atoms with Crippen LogP contribution in [0.25, 0.3) is 5.70 Å². The smallest absolute Gasteiger partial charge is 0.226 e. The van der Waals surface area contributed by atoms with E-state index in [1.54, 1.807) is 6.33 Å². The van der Waals surface area contributed by atoms with Gasteiger partial charge in [-0.15, -0.1) is 0 Å². The molecule has 0 saturated carbocycles. The molecule has 4 nitrogen and oxygen atoms in total. The third-order valence-corrected chi connectivity index (χ3v) is 4.59. The Morgan fingerprint density at radius 3 is 2.62 bits per heavy atom. The van der Waals surface area contributed by atoms with Gasteiger partial charge in [0.05, 0.1) is 0 Å². The lowest BCUT2D eigenvalue weighted by molar-refractivity contribution is 0.609. The molecule has 0 aliphatic carbocycles. The average molecular weight is 316 g/mol. The molecule has 1 N–H and O–H groups in total. The van der Waals surface area contributed by atoms with Crippen molar-refractivity contribution in [1.82, 2.24) is 14.8 Å². The Bertz CT molecular complexity index is 890. The molecule has 4 rings (SSSR count). The summed E-state index contributed by atoms with van der Waals surface area (Å²) in [4.78, 5) is 4.37. The molecule has 0 saturated heterocycles. The summed E-state index contributed by atoms with van der Waals surface area (Å²) in [7, 11) is 0. The Hall–Kier alpha value is -2.88. The molecule has 0 spiro atoms. The van der Waals surface area contributed by atoms with Gasteiger partial charge in [-0.05, 0) is 41.7 Å². The monoisotopic (exact) mass is 316 g/mol. The number of aromatic nitrogens is 3. The van der Waals surface area contributed by atoms with Crippen LogP contribution < -0.4 is 5.32 Å². The Kier molecular flexibility index (Phi) is 3.65. The topological polar surface area (TPSA) is 42.7 Å². The maximum absolute atomic E-state index is 4.41. The van der Waals surface area contributed by atoms with Crippen LogP contribution in [0.15, 0.2) is 60.9 Å². The molecule has 1 unspecified atom stereocenters. The molecule has 1 aliphatic rings. The van der Waals surface area contributed by atoms with Crippen molar-refractivity contribution < 1.29 is 0 Å². The summed E-state index contributed by atoms with van der Waals surface area (Å²) < 4.78 is 1.94. The highest BCUT2D eigenvalue weighted by Gasteiger charge is 2.24. The predicted molar refractivity (Wildman–Crippen MR) is 96.8 cm³/mol. The third kappa shape index (κ3) is 2.50. The first kappa shape index (κ1) is 14.7. The van der Waals surface area contributed by atoms with Crippen LogP contribution in [0.1, 0.15) is 35.2 Å². The van der Waals surface area contributed by atoms with E-state index in [0.29, 0.717) is 0 Å². The number of nitrogens with one attached hydrogen (secondary N) is 1. The number of fused-ring (bicyclic) bond motifs is 1. The first-order chi connectivity index (χ1) is 11.8. The first-order valence-electron chi connectivity index (χ1n) is 8.29. The van der Waals surface area contributed by atoms with Gasteiger partial charge in [-0.3, -0.25) is 0 Å². The van der Waals surface area contributed by atoms with Crippen LogP contribution in [-0.2, 0) is 6.42 Å². The molecule has 3 aromatic rings. The second kappa shape index (κ2) is 5.96. The Morgan fingerprint density at radius 2 is 1.88 bits per heavy atom. The Balaban J connectivity index is 1.80. The van der Waals surface area contributed by atoms with E-state index in [-0.39, 0.29) is 6.04 Å². The van der Waals surface area contributed by atoms with Gasteiger partial charge in [-0.25, -0.2) is 4.68 Å². The molecule has 0 radical (unpaired) electrons. The zero-order valence-electron chi connectivity index (χ0n) is 13.9. The molecule has 0 amide bonds. The van der Waals surface area contributed by atoms with Crippen molar-refractivity contribution in [2.24, 2.45) is 0 Å². The van der Waals surface area contributed by atoms with Gasteiger partial charge in [0.2, 0.25) is 5.95 Å². The molecular weight excluding hydrogens is 296 g/mol. The lowest BCUT2D eigenvalue weighted by Crippen LogP contribution is -2.20. The molecule has 1 aliphatic heterocycles. The van der Waals surface area contributed by atoms with Crippen LogP contribution in [0.5, 0.6) is 0 Å². The van der Waals surface area contributed by atoms with Crippen molar-refractivity contribution in [3.63, 3.8) is 0 Å². The van der Waals surface area contributed by atoms with Crippen LogP contribution in [0.3, 0.4) is 0 Å². The molecule has 0 bridgehead atoms. The highest BCUT2D eigenvalue weighted by atomic mass is 15.4. The number of aryl methyl sites for hydroxylation is 2. The van der Waals surface area contributed by atoms with Gasteiger partial charge in [0.1, 0.15) is 12.4 Å². The Morgan fingerprint density at radius 1 is 1.08 bits per heavy atom. The van der Waals surface area contributed by atoms with Crippen LogP contribution in [-0.4, -0.2) is 14.8 Å². The fourth-order valence-electron chi connectivity index (χ4n) is 3.16. The zero-order chi connectivity index (χ0) is 16.5. The summed E-state index contributed by atoms with van der Waals surface area (Å²) >= 11 is 0. The van der Waals surface area contributed by atoms with E-state index in [1.807, 2.05) is 4.68 Å². The van der Waals surface area contributed by atoms with Crippen LogP contribution in [0, 0.1) is 6.92 Å². The second-order valence-electron chi connectivity index (χ2n) is 6.09. The van der Waals surface area contributed by atoms with Crippen molar-refractivity contribution >= 4 is 11.6 Å². The van der Waals surface area contributed by atoms with Crippen LogP contribution in [0.4, 0.5) is 5.95 Å². The summed E-state index contributed by atoms with van der Waals surface area (Å²) in [5, 5.41) is 7.81. The number of anilines is 1. The van der Waals surface area contributed by atoms with E-state index in [9.17, 15) is 0 Å². The van der Waals surface area contributed by atoms with Gasteiger partial charge in [0.25, 0.3) is 0 Å². The third-order valence-electron chi connectivity index (χ3n) is 4.59. The normalized spacial score (nSPS) is 16.2. The van der Waals surface area contributed by atoms with Crippen molar-refractivity contribution in [2.75, 3.05) is 5.32 Å². The number of nitrogens with zero attached hydrogens (tertiary/aromatic N) is 3. The maximum atomic E-state index is 4.41. The first-order valence-corrected chi connectivity index (χ1v) is 8.29. The van der Waals surface area contributed by atoms with Crippen molar-refractivity contribution in [2.45, 2.75) is 26.3 Å². The largest absolute Gasteiger partial charge is 0.324 e. The van der Waals surface area contributed by atoms with E-state index in [1.165, 1.54) is 22.3 Å². The SMILES string of the molecule is CCc1ccc(C2=CC(c3ccccc3C)n3ncnc3N2)cc1. The van der Waals surface area contributed by atoms with Crippen LogP contribution >= 0.6 is 0 Å². The molecule has 2 heterocycles. The number of allylic oxidation sites excluding steroid dienone is 1. The van der Waals surface area contributed by atoms with Crippen LogP contribution in [0.2, 0.25) is 0 Å². The summed E-state index contributed by atoms with van der Waals surface area (Å²) in [6, 6.07) is 17.2. The minimum Gasteiger partial charge on any atom is -0.324 e. The lowest BCUT2D eigenvalue weighted by Gasteiger charge is -2.25. The van der Waals surface area contributed by atoms with Gasteiger partial charge >= 0.3 is 0 Å². The summed E-state index contributed by atoms with van der Waals surface area (Å²) in [6.45, 7) is 4.31. The molecule has 0 fully saturated rings. The summed E-state index contributed by atoms with van der Waals surface area (Å²) in [5.74, 6) is 0.778. The van der Waals surface area contributed by atoms with Crippen molar-refractivity contribution in [1.29, 1.82) is 0 Å². The molecule has 24 heavy (non-hydrogen) atoms. The fraction of sp³-hybridized carbons (Fsp3) is 0.200. The maximum Gasteiger partial charge on any atom is 0.226 e. The van der Waals surface area contributed by atoms with Gasteiger partial charge < -0.3 is 5.32 Å². The summed E-state index contributed by atoms with van der Waals surface area (Å²) in [6.07, 6.45) is 4.88. The second-order valence-corrected chi connectivity index (χ2v) is 6.09. The van der Waals surface area contributed by atoms with Gasteiger partial charge in [0, 0.05) is 5.70 Å². The number of hydrogen-bond donors (Lipinski definition) is 1. The van der Waals surface area contributed by atoms with Gasteiger partial charge in [-0.2, -0.15) is 10.1 Å². The van der Waals surface area contributed by atoms with E-state index < -0.39 is 0 Å². The highest BCUT2D eigenvalue weighted by molar-refractivity contribution is 5.77. The van der Waals surface area contributed by atoms with E-state index in [0.717, 1.165) is 18.1 Å². The predicted octanol–water partition coefficient (Wildman–Crippen LogP) is 4.20. The number of rotatable bonds is 3. The molecule has 1 atom stereocenters. The molecular formula is C20H20N4. The fourth-order valence-corrected chi connectivity index (χ4v) is 3.16. The van der Waals surface area contributed by atoms with Crippen molar-refractivity contribution in [3.8, 4) is 0 Å². The molecule has 120 valence electrons.